The molecule has 2 aromatic rings. The first-order valence-corrected chi connectivity index (χ1v) is 7.67. The van der Waals surface area contributed by atoms with Gasteiger partial charge in [0.25, 0.3) is 0 Å². The number of likely N-dealkylation sites (N-methyl/N-ethyl adjacent to an activating group) is 1. The van der Waals surface area contributed by atoms with Crippen molar-refractivity contribution < 1.29 is 0 Å². The molecule has 0 amide bonds. The molecule has 2 rings (SSSR count). The molecule has 100 valence electrons. The van der Waals surface area contributed by atoms with Gasteiger partial charge in [-0.3, -0.25) is 0 Å². The molecule has 2 aromatic carbocycles. The summed E-state index contributed by atoms with van der Waals surface area (Å²) in [4.78, 5) is 0. The van der Waals surface area contributed by atoms with Crippen molar-refractivity contribution in [3.8, 4) is 0 Å². The van der Waals surface area contributed by atoms with Crippen molar-refractivity contribution in [2.45, 2.75) is 26.3 Å². The van der Waals surface area contributed by atoms with E-state index in [9.17, 15) is 0 Å². The molecule has 0 saturated heterocycles. The number of benzene rings is 2. The predicted octanol–water partition coefficient (Wildman–Crippen LogP) is 4.41. The van der Waals surface area contributed by atoms with Gasteiger partial charge in [-0.05, 0) is 84.3 Å². The zero-order valence-corrected chi connectivity index (χ0v) is 13.9. The van der Waals surface area contributed by atoms with Crippen molar-refractivity contribution in [3.05, 3.63) is 68.3 Å². The van der Waals surface area contributed by atoms with Crippen LogP contribution in [0.5, 0.6) is 0 Å². The molecule has 0 spiro atoms. The SMILES string of the molecule is CNC(Cc1ccc(C)c(C)c1)c1ccc(I)cc1. The van der Waals surface area contributed by atoms with Crippen LogP contribution in [0.1, 0.15) is 28.3 Å². The van der Waals surface area contributed by atoms with Gasteiger partial charge >= 0.3 is 0 Å². The van der Waals surface area contributed by atoms with Crippen molar-refractivity contribution >= 4 is 22.6 Å². The molecular formula is C17H20IN. The van der Waals surface area contributed by atoms with Crippen LogP contribution in [-0.2, 0) is 6.42 Å². The topological polar surface area (TPSA) is 12.0 Å². The van der Waals surface area contributed by atoms with Gasteiger partial charge in [0.05, 0.1) is 0 Å². The Morgan fingerprint density at radius 3 is 2.26 bits per heavy atom. The molecule has 0 aromatic heterocycles. The summed E-state index contributed by atoms with van der Waals surface area (Å²) in [6, 6.07) is 15.9. The Morgan fingerprint density at radius 2 is 1.68 bits per heavy atom. The van der Waals surface area contributed by atoms with Crippen LogP contribution < -0.4 is 5.32 Å². The third-order valence-electron chi connectivity index (χ3n) is 3.63. The number of halogens is 1. The molecule has 0 bridgehead atoms. The van der Waals surface area contributed by atoms with Gasteiger partial charge in [0.2, 0.25) is 0 Å². The summed E-state index contributed by atoms with van der Waals surface area (Å²) < 4.78 is 1.28. The minimum absolute atomic E-state index is 0.374. The third kappa shape index (κ3) is 3.80. The first kappa shape index (κ1) is 14.5. The van der Waals surface area contributed by atoms with Crippen molar-refractivity contribution in [1.82, 2.24) is 5.32 Å². The number of aryl methyl sites for hydroxylation is 2. The van der Waals surface area contributed by atoms with Crippen LogP contribution in [0.4, 0.5) is 0 Å². The molecule has 1 nitrogen and oxygen atoms in total. The highest BCUT2D eigenvalue weighted by Crippen LogP contribution is 2.20. The van der Waals surface area contributed by atoms with Gasteiger partial charge in [0, 0.05) is 9.61 Å². The smallest absolute Gasteiger partial charge is 0.0358 e. The van der Waals surface area contributed by atoms with E-state index in [1.807, 2.05) is 7.05 Å². The first-order valence-electron chi connectivity index (χ1n) is 6.59. The van der Waals surface area contributed by atoms with Crippen LogP contribution >= 0.6 is 22.6 Å². The van der Waals surface area contributed by atoms with Gasteiger partial charge in [-0.1, -0.05) is 30.3 Å². The largest absolute Gasteiger partial charge is 0.313 e. The maximum Gasteiger partial charge on any atom is 0.0358 e. The summed E-state index contributed by atoms with van der Waals surface area (Å²) in [5.41, 5.74) is 5.47. The van der Waals surface area contributed by atoms with Gasteiger partial charge in [0.1, 0.15) is 0 Å². The summed E-state index contributed by atoms with van der Waals surface area (Å²) >= 11 is 2.34. The van der Waals surface area contributed by atoms with E-state index in [4.69, 9.17) is 0 Å². The second-order valence-corrected chi connectivity index (χ2v) is 6.26. The molecule has 0 radical (unpaired) electrons. The minimum atomic E-state index is 0.374. The van der Waals surface area contributed by atoms with Crippen molar-refractivity contribution in [2.75, 3.05) is 7.05 Å². The molecule has 0 fully saturated rings. The minimum Gasteiger partial charge on any atom is -0.313 e. The van der Waals surface area contributed by atoms with E-state index < -0.39 is 0 Å². The Hall–Kier alpha value is -0.870. The van der Waals surface area contributed by atoms with Crippen molar-refractivity contribution in [3.63, 3.8) is 0 Å². The van der Waals surface area contributed by atoms with Crippen molar-refractivity contribution in [1.29, 1.82) is 0 Å². The second-order valence-electron chi connectivity index (χ2n) is 5.02. The summed E-state index contributed by atoms with van der Waals surface area (Å²) in [6.45, 7) is 4.34. The highest BCUT2D eigenvalue weighted by Gasteiger charge is 2.10. The van der Waals surface area contributed by atoms with Crippen LogP contribution in [0.25, 0.3) is 0 Å². The fourth-order valence-electron chi connectivity index (χ4n) is 2.25. The Labute approximate surface area is 129 Å². The Morgan fingerprint density at radius 1 is 1.00 bits per heavy atom. The summed E-state index contributed by atoms with van der Waals surface area (Å²) in [7, 11) is 2.03. The van der Waals surface area contributed by atoms with Gasteiger partial charge in [-0.15, -0.1) is 0 Å². The zero-order valence-electron chi connectivity index (χ0n) is 11.7. The second kappa shape index (κ2) is 6.53. The molecule has 1 N–H and O–H groups in total. The molecule has 0 saturated carbocycles. The average molecular weight is 365 g/mol. The Bertz CT molecular complexity index is 546. The highest BCUT2D eigenvalue weighted by atomic mass is 127. The van der Waals surface area contributed by atoms with Crippen LogP contribution in [0, 0.1) is 17.4 Å². The van der Waals surface area contributed by atoms with Crippen LogP contribution in [0.3, 0.4) is 0 Å². The molecule has 19 heavy (non-hydrogen) atoms. The van der Waals surface area contributed by atoms with E-state index in [-0.39, 0.29) is 0 Å². The van der Waals surface area contributed by atoms with E-state index in [0.29, 0.717) is 6.04 Å². The lowest BCUT2D eigenvalue weighted by Crippen LogP contribution is -2.18. The molecule has 1 unspecified atom stereocenters. The number of rotatable bonds is 4. The van der Waals surface area contributed by atoms with E-state index in [1.54, 1.807) is 0 Å². The maximum atomic E-state index is 3.42. The fraction of sp³-hybridized carbons (Fsp3) is 0.294. The lowest BCUT2D eigenvalue weighted by molar-refractivity contribution is 0.592. The lowest BCUT2D eigenvalue weighted by Gasteiger charge is -2.17. The zero-order chi connectivity index (χ0) is 13.8. The standard InChI is InChI=1S/C17H20IN/c1-12-4-5-14(10-13(12)2)11-17(19-3)15-6-8-16(18)9-7-15/h4-10,17,19H,11H2,1-3H3. The summed E-state index contributed by atoms with van der Waals surface area (Å²) in [5, 5.41) is 3.42. The molecule has 1 atom stereocenters. The average Bonchev–Trinajstić information content (AvgIpc) is 2.41. The normalized spacial score (nSPS) is 12.4. The molecular weight excluding hydrogens is 345 g/mol. The van der Waals surface area contributed by atoms with Crippen LogP contribution in [-0.4, -0.2) is 7.05 Å². The summed E-state index contributed by atoms with van der Waals surface area (Å²) in [5.74, 6) is 0. The third-order valence-corrected chi connectivity index (χ3v) is 4.35. The number of hydrogen-bond donors (Lipinski definition) is 1. The van der Waals surface area contributed by atoms with Gasteiger partial charge in [-0.25, -0.2) is 0 Å². The van der Waals surface area contributed by atoms with Crippen LogP contribution in [0.15, 0.2) is 42.5 Å². The Kier molecular flexibility index (Phi) is 4.99. The van der Waals surface area contributed by atoms with Gasteiger partial charge in [-0.2, -0.15) is 0 Å². The Balaban J connectivity index is 2.18. The van der Waals surface area contributed by atoms with Crippen molar-refractivity contribution in [2.24, 2.45) is 0 Å². The maximum absolute atomic E-state index is 3.42. The molecule has 0 aliphatic carbocycles. The fourth-order valence-corrected chi connectivity index (χ4v) is 2.61. The van der Waals surface area contributed by atoms with Gasteiger partial charge in [0.15, 0.2) is 0 Å². The van der Waals surface area contributed by atoms with E-state index in [2.05, 4.69) is 84.2 Å². The van der Waals surface area contributed by atoms with E-state index >= 15 is 0 Å². The molecule has 0 heterocycles. The first-order chi connectivity index (χ1) is 9.10. The number of hydrogen-bond acceptors (Lipinski definition) is 1. The summed E-state index contributed by atoms with van der Waals surface area (Å²) in [6.07, 6.45) is 1.03. The molecule has 2 heteroatoms. The quantitative estimate of drug-likeness (QED) is 0.792. The van der Waals surface area contributed by atoms with E-state index in [1.165, 1.54) is 25.8 Å². The lowest BCUT2D eigenvalue weighted by atomic mass is 9.97. The van der Waals surface area contributed by atoms with Gasteiger partial charge < -0.3 is 5.32 Å². The predicted molar refractivity (Wildman–Crippen MR) is 90.6 cm³/mol. The molecule has 0 aliphatic rings. The number of nitrogens with one attached hydrogen (secondary N) is 1. The van der Waals surface area contributed by atoms with E-state index in [0.717, 1.165) is 6.42 Å². The van der Waals surface area contributed by atoms with Crippen LogP contribution in [0.2, 0.25) is 0 Å². The molecule has 0 aliphatic heterocycles. The monoisotopic (exact) mass is 365 g/mol. The highest BCUT2D eigenvalue weighted by molar-refractivity contribution is 14.1.